The summed E-state index contributed by atoms with van der Waals surface area (Å²) in [4.78, 5) is 42.0. The van der Waals surface area contributed by atoms with E-state index in [0.717, 1.165) is 4.34 Å². The van der Waals surface area contributed by atoms with Gasteiger partial charge in [-0.1, -0.05) is 23.1 Å². The molecule has 0 radical (unpaired) electrons. The fourth-order valence-electron chi connectivity index (χ4n) is 2.96. The van der Waals surface area contributed by atoms with E-state index in [1.54, 1.807) is 10.9 Å². The molecule has 2 aromatic heterocycles. The van der Waals surface area contributed by atoms with E-state index < -0.39 is 23.3 Å². The topological polar surface area (TPSA) is 151 Å². The quantitative estimate of drug-likeness (QED) is 0.388. The van der Waals surface area contributed by atoms with Crippen molar-refractivity contribution in [1.29, 1.82) is 0 Å². The van der Waals surface area contributed by atoms with Gasteiger partial charge < -0.3 is 16.2 Å². The van der Waals surface area contributed by atoms with E-state index in [1.165, 1.54) is 51.1 Å². The number of hydrogen-bond donors (Lipinski definition) is 3. The number of thioether (sulfide) groups is 2. The Morgan fingerprint density at radius 2 is 2.24 bits per heavy atom. The third-order valence-corrected chi connectivity index (χ3v) is 8.20. The van der Waals surface area contributed by atoms with Crippen LogP contribution in [0.1, 0.15) is 5.69 Å². The molecule has 0 bridgehead atoms. The van der Waals surface area contributed by atoms with Crippen molar-refractivity contribution in [2.24, 2.45) is 0 Å². The van der Waals surface area contributed by atoms with Crippen LogP contribution in [0.5, 0.6) is 0 Å². The van der Waals surface area contributed by atoms with Crippen LogP contribution in [0, 0.1) is 0 Å². The summed E-state index contributed by atoms with van der Waals surface area (Å²) in [6, 6.07) is -0.754. The molecule has 4 rings (SSSR count). The number of carbonyl (C=O) groups is 3. The molecule has 1 saturated heterocycles. The number of nitrogens with two attached hydrogens (primary N) is 1. The number of nitrogens with zero attached hydrogens (tertiary/aromatic N) is 4. The first-order chi connectivity index (χ1) is 13.9. The molecular weight excluding hydrogens is 456 g/mol. The van der Waals surface area contributed by atoms with Crippen molar-refractivity contribution in [3.05, 3.63) is 27.9 Å². The van der Waals surface area contributed by atoms with Crippen molar-refractivity contribution in [3.8, 4) is 0 Å². The zero-order valence-corrected chi connectivity index (χ0v) is 17.9. The number of fused-ring (bicyclic) bond motifs is 1. The van der Waals surface area contributed by atoms with E-state index in [1.807, 2.05) is 0 Å². The number of hydrogen-bond acceptors (Lipinski definition) is 11. The van der Waals surface area contributed by atoms with Crippen molar-refractivity contribution in [2.45, 2.75) is 22.2 Å². The van der Waals surface area contributed by atoms with Crippen LogP contribution >= 0.6 is 46.2 Å². The number of nitrogens with one attached hydrogen (secondary N) is 1. The molecule has 29 heavy (non-hydrogen) atoms. The largest absolute Gasteiger partial charge is 0.477 e. The molecule has 10 nitrogen and oxygen atoms in total. The molecule has 0 saturated carbocycles. The summed E-state index contributed by atoms with van der Waals surface area (Å²) in [5.74, 6) is -1.07. The predicted octanol–water partition coefficient (Wildman–Crippen LogP) is 0.650. The Labute approximate surface area is 181 Å². The number of rotatable bonds is 7. The summed E-state index contributed by atoms with van der Waals surface area (Å²) in [6.45, 7) is 0. The molecule has 2 aromatic rings. The predicted molar refractivity (Wildman–Crippen MR) is 111 cm³/mol. The van der Waals surface area contributed by atoms with Gasteiger partial charge in [0.1, 0.15) is 22.6 Å². The van der Waals surface area contributed by atoms with Gasteiger partial charge in [-0.3, -0.25) is 14.5 Å². The van der Waals surface area contributed by atoms with E-state index in [4.69, 9.17) is 5.73 Å². The third kappa shape index (κ3) is 4.10. The number of amides is 2. The van der Waals surface area contributed by atoms with E-state index >= 15 is 0 Å². The van der Waals surface area contributed by atoms with Crippen molar-refractivity contribution in [1.82, 2.24) is 25.4 Å². The van der Waals surface area contributed by atoms with Crippen LogP contribution in [0.4, 0.5) is 5.13 Å². The van der Waals surface area contributed by atoms with Crippen molar-refractivity contribution >= 4 is 69.1 Å². The minimum absolute atomic E-state index is 0.00598. The van der Waals surface area contributed by atoms with Crippen LogP contribution in [0.15, 0.2) is 26.5 Å². The molecular formula is C15H14N6O4S4. The highest BCUT2D eigenvalue weighted by Crippen LogP contribution is 2.41. The Balaban J connectivity index is 1.43. The van der Waals surface area contributed by atoms with E-state index in [-0.39, 0.29) is 18.0 Å². The SMILES string of the molecule is Nc1nc(CC(=O)NC2C(=O)N3C(C(=O)O)=C(CSc4nncs4)CS[C@H]23)cs1. The summed E-state index contributed by atoms with van der Waals surface area (Å²) in [7, 11) is 0. The van der Waals surface area contributed by atoms with Gasteiger partial charge >= 0.3 is 5.97 Å². The monoisotopic (exact) mass is 470 g/mol. The highest BCUT2D eigenvalue weighted by atomic mass is 32.2. The lowest BCUT2D eigenvalue weighted by Gasteiger charge is -2.49. The molecule has 0 spiro atoms. The number of anilines is 1. The third-order valence-electron chi connectivity index (χ3n) is 4.19. The van der Waals surface area contributed by atoms with Gasteiger partial charge in [0, 0.05) is 16.9 Å². The highest BCUT2D eigenvalue weighted by molar-refractivity contribution is 8.01. The molecule has 14 heteroatoms. The maximum Gasteiger partial charge on any atom is 0.352 e. The molecule has 4 heterocycles. The van der Waals surface area contributed by atoms with Crippen LogP contribution in [0.25, 0.3) is 0 Å². The lowest BCUT2D eigenvalue weighted by molar-refractivity contribution is -0.150. The molecule has 152 valence electrons. The van der Waals surface area contributed by atoms with E-state index in [9.17, 15) is 19.5 Å². The highest BCUT2D eigenvalue weighted by Gasteiger charge is 2.54. The van der Waals surface area contributed by atoms with Gasteiger partial charge in [0.15, 0.2) is 9.47 Å². The summed E-state index contributed by atoms with van der Waals surface area (Å²) >= 11 is 5.43. The summed E-state index contributed by atoms with van der Waals surface area (Å²) < 4.78 is 0.733. The average Bonchev–Trinajstić information content (AvgIpc) is 3.35. The van der Waals surface area contributed by atoms with Gasteiger partial charge in [-0.05, 0) is 5.57 Å². The number of carbonyl (C=O) groups excluding carboxylic acids is 2. The lowest BCUT2D eigenvalue weighted by atomic mass is 10.0. The first kappa shape index (κ1) is 20.1. The molecule has 2 atom stereocenters. The van der Waals surface area contributed by atoms with E-state index in [0.29, 0.717) is 27.9 Å². The number of carboxylic acids is 1. The molecule has 4 N–H and O–H groups in total. The van der Waals surface area contributed by atoms with Crippen molar-refractivity contribution < 1.29 is 19.5 Å². The van der Waals surface area contributed by atoms with Gasteiger partial charge in [0.2, 0.25) is 5.91 Å². The number of thiazole rings is 1. The summed E-state index contributed by atoms with van der Waals surface area (Å²) in [5.41, 5.74) is 8.34. The molecule has 1 unspecified atom stereocenters. The van der Waals surface area contributed by atoms with Crippen LogP contribution in [0.2, 0.25) is 0 Å². The van der Waals surface area contributed by atoms with Gasteiger partial charge in [-0.25, -0.2) is 9.78 Å². The Hall–Kier alpha value is -2.16. The molecule has 1 fully saturated rings. The summed E-state index contributed by atoms with van der Waals surface area (Å²) in [6.07, 6.45) is 0.0141. The number of β-lactam (4-membered cyclic amide) rings is 1. The maximum atomic E-state index is 12.6. The fourth-order valence-corrected chi connectivity index (χ4v) is 6.50. The Morgan fingerprint density at radius 3 is 2.90 bits per heavy atom. The molecule has 2 aliphatic rings. The van der Waals surface area contributed by atoms with Crippen molar-refractivity contribution in [2.75, 3.05) is 17.2 Å². The Morgan fingerprint density at radius 1 is 1.41 bits per heavy atom. The van der Waals surface area contributed by atoms with Gasteiger partial charge in [0.05, 0.1) is 12.1 Å². The number of nitrogen functional groups attached to an aromatic ring is 1. The number of aliphatic carboxylic acids is 1. The molecule has 2 aliphatic heterocycles. The zero-order valence-electron chi connectivity index (χ0n) is 14.6. The van der Waals surface area contributed by atoms with Crippen molar-refractivity contribution in [3.63, 3.8) is 0 Å². The minimum atomic E-state index is -1.15. The second-order valence-corrected chi connectivity index (χ2v) is 10.1. The minimum Gasteiger partial charge on any atom is -0.477 e. The van der Waals surface area contributed by atoms with Gasteiger partial charge in [0.25, 0.3) is 5.91 Å². The molecule has 0 aromatic carbocycles. The zero-order chi connectivity index (χ0) is 20.5. The Kier molecular flexibility index (Phi) is 5.76. The van der Waals surface area contributed by atoms with Crippen LogP contribution < -0.4 is 11.1 Å². The smallest absolute Gasteiger partial charge is 0.352 e. The maximum absolute atomic E-state index is 12.6. The average molecular weight is 471 g/mol. The fraction of sp³-hybridized carbons (Fsp3) is 0.333. The second kappa shape index (κ2) is 8.30. The standard InChI is InChI=1S/C15H14N6O4S4/c16-14-18-7(4-27-14)1-8(22)19-9-11(23)21-10(13(24)25)6(2-26-12(9)21)3-28-15-20-17-5-29-15/h4-5,9,12H,1-3H2,(H2,16,18)(H,19,22)(H,24,25)/t9?,12-/m1/s1. The van der Waals surface area contributed by atoms with Crippen LogP contribution in [-0.4, -0.2) is 65.9 Å². The van der Waals surface area contributed by atoms with Crippen LogP contribution in [-0.2, 0) is 20.8 Å². The first-order valence-corrected chi connectivity index (χ1v) is 12.0. The first-order valence-electron chi connectivity index (χ1n) is 8.22. The van der Waals surface area contributed by atoms with E-state index in [2.05, 4.69) is 20.5 Å². The lowest BCUT2D eigenvalue weighted by Crippen LogP contribution is -2.70. The van der Waals surface area contributed by atoms with Gasteiger partial charge in [-0.15, -0.1) is 33.3 Å². The Bertz CT molecular complexity index is 991. The normalized spacial score (nSPS) is 21.0. The van der Waals surface area contributed by atoms with Crippen LogP contribution in [0.3, 0.4) is 0 Å². The second-order valence-electron chi connectivity index (χ2n) is 6.06. The molecule has 2 amide bonds. The number of carboxylic acid groups (broad SMARTS) is 1. The summed E-state index contributed by atoms with van der Waals surface area (Å²) in [5, 5.41) is 21.7. The van der Waals surface area contributed by atoms with Gasteiger partial charge in [-0.2, -0.15) is 0 Å². The molecule has 0 aliphatic carbocycles. The number of aromatic nitrogens is 3.